The van der Waals surface area contributed by atoms with Gasteiger partial charge in [0, 0.05) is 0 Å². The zero-order valence-electron chi connectivity index (χ0n) is 11.9. The Bertz CT molecular complexity index is 702. The second-order valence-corrected chi connectivity index (χ2v) is 4.55. The third-order valence-electron chi connectivity index (χ3n) is 3.14. The number of nitrogens with zero attached hydrogens (tertiary/aromatic N) is 1. The highest BCUT2D eigenvalue weighted by molar-refractivity contribution is 5.80. The van der Waals surface area contributed by atoms with Crippen molar-refractivity contribution in [2.45, 2.75) is 13.5 Å². The molecule has 0 bridgehead atoms. The van der Waals surface area contributed by atoms with Gasteiger partial charge in [0.2, 0.25) is 0 Å². The molecular formula is C17H15NO3. The summed E-state index contributed by atoms with van der Waals surface area (Å²) in [6.45, 7) is 2.19. The predicted molar refractivity (Wildman–Crippen MR) is 78.6 cm³/mol. The van der Waals surface area contributed by atoms with Gasteiger partial charge >= 0.3 is 0 Å². The number of rotatable bonds is 5. The third-order valence-corrected chi connectivity index (χ3v) is 3.14. The molecule has 0 aliphatic carbocycles. The number of aldehydes is 1. The van der Waals surface area contributed by atoms with E-state index in [0.717, 1.165) is 17.4 Å². The number of hydrogen-bond acceptors (Lipinski definition) is 4. The number of para-hydroxylation sites is 1. The lowest BCUT2D eigenvalue weighted by Gasteiger charge is -2.12. The zero-order chi connectivity index (χ0) is 15.2. The first kappa shape index (κ1) is 14.6. The molecule has 0 saturated heterocycles. The third kappa shape index (κ3) is 3.21. The SMILES string of the molecule is COc1cc(COc2c(C)cccc2C=O)ccc1C#N. The van der Waals surface area contributed by atoms with E-state index < -0.39 is 0 Å². The van der Waals surface area contributed by atoms with Crippen molar-refractivity contribution in [2.24, 2.45) is 0 Å². The minimum Gasteiger partial charge on any atom is -0.495 e. The second-order valence-electron chi connectivity index (χ2n) is 4.55. The molecule has 0 N–H and O–H groups in total. The summed E-state index contributed by atoms with van der Waals surface area (Å²) in [6, 6.07) is 12.7. The van der Waals surface area contributed by atoms with E-state index in [2.05, 4.69) is 6.07 Å². The molecule has 0 spiro atoms. The van der Waals surface area contributed by atoms with Gasteiger partial charge in [-0.2, -0.15) is 5.26 Å². The van der Waals surface area contributed by atoms with Crippen molar-refractivity contribution in [1.29, 1.82) is 5.26 Å². The number of nitriles is 1. The Kier molecular flexibility index (Phi) is 4.57. The number of hydrogen-bond donors (Lipinski definition) is 0. The number of benzene rings is 2. The van der Waals surface area contributed by atoms with Crippen LogP contribution < -0.4 is 9.47 Å². The van der Waals surface area contributed by atoms with Crippen molar-refractivity contribution >= 4 is 6.29 Å². The summed E-state index contributed by atoms with van der Waals surface area (Å²) in [5.74, 6) is 1.09. The standard InChI is InChI=1S/C17H15NO3/c1-12-4-3-5-15(10-19)17(12)21-11-13-6-7-14(9-18)16(8-13)20-2/h3-8,10H,11H2,1-2H3. The van der Waals surface area contributed by atoms with Crippen LogP contribution in [0.15, 0.2) is 36.4 Å². The molecule has 0 amide bonds. The molecule has 0 atom stereocenters. The summed E-state index contributed by atoms with van der Waals surface area (Å²) in [4.78, 5) is 11.0. The Balaban J connectivity index is 2.21. The van der Waals surface area contributed by atoms with Gasteiger partial charge in [0.25, 0.3) is 0 Å². The van der Waals surface area contributed by atoms with Crippen molar-refractivity contribution in [2.75, 3.05) is 7.11 Å². The van der Waals surface area contributed by atoms with Gasteiger partial charge in [-0.1, -0.05) is 18.2 Å². The highest BCUT2D eigenvalue weighted by Gasteiger charge is 2.08. The quantitative estimate of drug-likeness (QED) is 0.789. The molecule has 4 heteroatoms. The van der Waals surface area contributed by atoms with E-state index in [4.69, 9.17) is 14.7 Å². The maximum Gasteiger partial charge on any atom is 0.153 e. The number of carbonyl (C=O) groups is 1. The van der Waals surface area contributed by atoms with Crippen molar-refractivity contribution in [3.63, 3.8) is 0 Å². The largest absolute Gasteiger partial charge is 0.495 e. The van der Waals surface area contributed by atoms with Crippen LogP contribution in [0, 0.1) is 18.3 Å². The summed E-state index contributed by atoms with van der Waals surface area (Å²) in [5, 5.41) is 8.95. The van der Waals surface area contributed by atoms with Crippen molar-refractivity contribution in [1.82, 2.24) is 0 Å². The van der Waals surface area contributed by atoms with Gasteiger partial charge in [0.05, 0.1) is 18.2 Å². The summed E-state index contributed by atoms with van der Waals surface area (Å²) in [7, 11) is 1.52. The first-order valence-corrected chi connectivity index (χ1v) is 6.44. The van der Waals surface area contributed by atoms with Crippen LogP contribution in [-0.4, -0.2) is 13.4 Å². The topological polar surface area (TPSA) is 59.3 Å². The van der Waals surface area contributed by atoms with Gasteiger partial charge in [0.15, 0.2) is 6.29 Å². The summed E-state index contributed by atoms with van der Waals surface area (Å²) < 4.78 is 10.9. The molecule has 0 aromatic heterocycles. The van der Waals surface area contributed by atoms with E-state index in [1.165, 1.54) is 7.11 Å². The lowest BCUT2D eigenvalue weighted by molar-refractivity contribution is 0.111. The summed E-state index contributed by atoms with van der Waals surface area (Å²) in [6.07, 6.45) is 0.779. The Morgan fingerprint density at radius 3 is 2.76 bits per heavy atom. The van der Waals surface area contributed by atoms with E-state index in [9.17, 15) is 4.79 Å². The minimum absolute atomic E-state index is 0.299. The van der Waals surface area contributed by atoms with Crippen LogP contribution in [0.4, 0.5) is 0 Å². The number of ether oxygens (including phenoxy) is 2. The van der Waals surface area contributed by atoms with E-state index >= 15 is 0 Å². The fourth-order valence-corrected chi connectivity index (χ4v) is 2.04. The zero-order valence-corrected chi connectivity index (χ0v) is 11.9. The molecule has 0 fully saturated rings. The predicted octanol–water partition coefficient (Wildman–Crippen LogP) is 3.27. The molecular weight excluding hydrogens is 266 g/mol. The van der Waals surface area contributed by atoms with Crippen LogP contribution in [0.25, 0.3) is 0 Å². The number of aryl methyl sites for hydroxylation is 1. The lowest BCUT2D eigenvalue weighted by Crippen LogP contribution is -2.01. The van der Waals surface area contributed by atoms with Crippen LogP contribution >= 0.6 is 0 Å². The van der Waals surface area contributed by atoms with E-state index in [1.54, 1.807) is 24.3 Å². The smallest absolute Gasteiger partial charge is 0.153 e. The summed E-state index contributed by atoms with van der Waals surface area (Å²) in [5.41, 5.74) is 2.77. The van der Waals surface area contributed by atoms with Crippen LogP contribution in [0.3, 0.4) is 0 Å². The van der Waals surface area contributed by atoms with Crippen LogP contribution in [0.5, 0.6) is 11.5 Å². The Hall–Kier alpha value is -2.80. The monoisotopic (exact) mass is 281 g/mol. The van der Waals surface area contributed by atoms with Gasteiger partial charge in [-0.15, -0.1) is 0 Å². The molecule has 0 heterocycles. The Morgan fingerprint density at radius 2 is 2.10 bits per heavy atom. The van der Waals surface area contributed by atoms with Crippen molar-refractivity contribution < 1.29 is 14.3 Å². The Labute approximate surface area is 123 Å². The number of carbonyl (C=O) groups excluding carboxylic acids is 1. The van der Waals surface area contributed by atoms with Gasteiger partial charge in [-0.25, -0.2) is 0 Å². The normalized spacial score (nSPS) is 9.76. The molecule has 21 heavy (non-hydrogen) atoms. The van der Waals surface area contributed by atoms with E-state index in [1.807, 2.05) is 19.1 Å². The van der Waals surface area contributed by atoms with Crippen LogP contribution in [0.1, 0.15) is 27.0 Å². The van der Waals surface area contributed by atoms with Crippen molar-refractivity contribution in [3.8, 4) is 17.6 Å². The average molecular weight is 281 g/mol. The maximum absolute atomic E-state index is 11.0. The molecule has 0 unspecified atom stereocenters. The Morgan fingerprint density at radius 1 is 1.29 bits per heavy atom. The van der Waals surface area contributed by atoms with Gasteiger partial charge in [-0.3, -0.25) is 4.79 Å². The highest BCUT2D eigenvalue weighted by atomic mass is 16.5. The first-order chi connectivity index (χ1) is 10.2. The van der Waals surface area contributed by atoms with E-state index in [0.29, 0.717) is 29.2 Å². The van der Waals surface area contributed by atoms with E-state index in [-0.39, 0.29) is 0 Å². The molecule has 2 aromatic carbocycles. The van der Waals surface area contributed by atoms with Crippen LogP contribution in [-0.2, 0) is 6.61 Å². The molecule has 0 radical (unpaired) electrons. The molecule has 2 rings (SSSR count). The second kappa shape index (κ2) is 6.58. The van der Waals surface area contributed by atoms with Crippen LogP contribution in [0.2, 0.25) is 0 Å². The molecule has 0 aliphatic rings. The molecule has 0 aliphatic heterocycles. The van der Waals surface area contributed by atoms with Crippen molar-refractivity contribution in [3.05, 3.63) is 58.7 Å². The lowest BCUT2D eigenvalue weighted by atomic mass is 10.1. The molecule has 106 valence electrons. The maximum atomic E-state index is 11.0. The average Bonchev–Trinajstić information content (AvgIpc) is 2.53. The summed E-state index contributed by atoms with van der Waals surface area (Å²) >= 11 is 0. The highest BCUT2D eigenvalue weighted by Crippen LogP contribution is 2.24. The van der Waals surface area contributed by atoms with Gasteiger partial charge in [-0.05, 0) is 36.2 Å². The minimum atomic E-state index is 0.299. The first-order valence-electron chi connectivity index (χ1n) is 6.44. The fraction of sp³-hybridized carbons (Fsp3) is 0.176. The number of methoxy groups -OCH3 is 1. The molecule has 4 nitrogen and oxygen atoms in total. The molecule has 2 aromatic rings. The van der Waals surface area contributed by atoms with Gasteiger partial charge < -0.3 is 9.47 Å². The fourth-order valence-electron chi connectivity index (χ4n) is 2.04. The van der Waals surface area contributed by atoms with Gasteiger partial charge in [0.1, 0.15) is 24.2 Å². The molecule has 0 saturated carbocycles.